The Hall–Kier alpha value is -2.47. The highest BCUT2D eigenvalue weighted by molar-refractivity contribution is 6.33. The lowest BCUT2D eigenvalue weighted by molar-refractivity contribution is -0.117. The zero-order valence-electron chi connectivity index (χ0n) is 14.6. The number of piperidine rings is 1. The average molecular weight is 376 g/mol. The van der Waals surface area contributed by atoms with Crippen molar-refractivity contribution in [3.63, 3.8) is 0 Å². The molecule has 1 fully saturated rings. The molecule has 2 aromatic rings. The predicted octanol–water partition coefficient (Wildman–Crippen LogP) is 3.68. The van der Waals surface area contributed by atoms with Gasteiger partial charge in [-0.05, 0) is 56.5 Å². The van der Waals surface area contributed by atoms with Gasteiger partial charge in [0.1, 0.15) is 6.04 Å². The van der Waals surface area contributed by atoms with E-state index in [-0.39, 0.29) is 11.7 Å². The Balaban J connectivity index is 1.60. The summed E-state index contributed by atoms with van der Waals surface area (Å²) >= 11 is 6.40. The highest BCUT2D eigenvalue weighted by atomic mass is 35.5. The quantitative estimate of drug-likeness (QED) is 0.835. The van der Waals surface area contributed by atoms with Crippen molar-refractivity contribution in [2.24, 2.45) is 0 Å². The molecular formula is C19H22ClN3O3. The maximum atomic E-state index is 12.3. The van der Waals surface area contributed by atoms with Gasteiger partial charge in [0.05, 0.1) is 17.0 Å². The number of carbonyl (C=O) groups is 2. The van der Waals surface area contributed by atoms with Crippen molar-refractivity contribution in [3.8, 4) is 0 Å². The van der Waals surface area contributed by atoms with Gasteiger partial charge < -0.3 is 20.0 Å². The van der Waals surface area contributed by atoms with E-state index in [1.807, 2.05) is 12.1 Å². The van der Waals surface area contributed by atoms with Crippen LogP contribution in [0.25, 0.3) is 0 Å². The third kappa shape index (κ3) is 4.38. The van der Waals surface area contributed by atoms with E-state index in [2.05, 4.69) is 15.5 Å². The zero-order valence-corrected chi connectivity index (χ0v) is 15.4. The minimum absolute atomic E-state index is 0.165. The van der Waals surface area contributed by atoms with Gasteiger partial charge in [0, 0.05) is 18.8 Å². The molecule has 1 atom stereocenters. The zero-order chi connectivity index (χ0) is 18.5. The average Bonchev–Trinajstić information content (AvgIpc) is 3.17. The lowest BCUT2D eigenvalue weighted by Crippen LogP contribution is -2.41. The number of hydrogen-bond acceptors (Lipinski definition) is 4. The van der Waals surface area contributed by atoms with Crippen LogP contribution in [0.5, 0.6) is 0 Å². The number of furan rings is 1. The number of rotatable bonds is 5. The SMILES string of the molecule is CC(NC(=O)c1ccco1)C(=O)Nc1ccc(N2CCCCC2)c(Cl)c1. The van der Waals surface area contributed by atoms with Crippen molar-refractivity contribution in [3.05, 3.63) is 47.4 Å². The van der Waals surface area contributed by atoms with Crippen LogP contribution < -0.4 is 15.5 Å². The summed E-state index contributed by atoms with van der Waals surface area (Å²) < 4.78 is 5.01. The number of anilines is 2. The smallest absolute Gasteiger partial charge is 0.287 e. The van der Waals surface area contributed by atoms with Crippen molar-refractivity contribution in [1.82, 2.24) is 5.32 Å². The molecule has 3 rings (SSSR count). The second-order valence-corrected chi connectivity index (χ2v) is 6.78. The fourth-order valence-electron chi connectivity index (χ4n) is 2.97. The van der Waals surface area contributed by atoms with Gasteiger partial charge in [-0.25, -0.2) is 0 Å². The Labute approximate surface area is 157 Å². The number of carbonyl (C=O) groups excluding carboxylic acids is 2. The van der Waals surface area contributed by atoms with E-state index in [9.17, 15) is 9.59 Å². The van der Waals surface area contributed by atoms with Crippen LogP contribution in [0.15, 0.2) is 41.0 Å². The van der Waals surface area contributed by atoms with Crippen LogP contribution in [0.3, 0.4) is 0 Å². The molecule has 1 aromatic carbocycles. The molecule has 0 radical (unpaired) electrons. The van der Waals surface area contributed by atoms with Crippen LogP contribution >= 0.6 is 11.6 Å². The van der Waals surface area contributed by atoms with E-state index in [0.717, 1.165) is 18.8 Å². The number of amides is 2. The lowest BCUT2D eigenvalue weighted by Gasteiger charge is -2.29. The Morgan fingerprint density at radius 3 is 2.62 bits per heavy atom. The molecule has 138 valence electrons. The highest BCUT2D eigenvalue weighted by Gasteiger charge is 2.19. The van der Waals surface area contributed by atoms with Crippen LogP contribution in [-0.2, 0) is 4.79 Å². The number of nitrogens with zero attached hydrogens (tertiary/aromatic N) is 1. The summed E-state index contributed by atoms with van der Waals surface area (Å²) in [7, 11) is 0. The number of benzene rings is 1. The number of nitrogens with one attached hydrogen (secondary N) is 2. The molecule has 6 nitrogen and oxygen atoms in total. The first-order valence-electron chi connectivity index (χ1n) is 8.74. The van der Waals surface area contributed by atoms with E-state index in [0.29, 0.717) is 10.7 Å². The molecule has 0 aliphatic carbocycles. The van der Waals surface area contributed by atoms with Crippen molar-refractivity contribution >= 4 is 34.8 Å². The maximum absolute atomic E-state index is 12.3. The summed E-state index contributed by atoms with van der Waals surface area (Å²) in [6.45, 7) is 3.61. The molecule has 0 saturated carbocycles. The third-order valence-electron chi connectivity index (χ3n) is 4.40. The second-order valence-electron chi connectivity index (χ2n) is 6.38. The van der Waals surface area contributed by atoms with Gasteiger partial charge >= 0.3 is 0 Å². The Bertz CT molecular complexity index is 770. The Morgan fingerprint density at radius 1 is 1.19 bits per heavy atom. The highest BCUT2D eigenvalue weighted by Crippen LogP contribution is 2.30. The van der Waals surface area contributed by atoms with E-state index in [1.54, 1.807) is 25.1 Å². The first kappa shape index (κ1) is 18.3. The van der Waals surface area contributed by atoms with Crippen LogP contribution in [0.2, 0.25) is 5.02 Å². The van der Waals surface area contributed by atoms with Gasteiger partial charge in [0.2, 0.25) is 5.91 Å². The van der Waals surface area contributed by atoms with Crippen molar-refractivity contribution in [1.29, 1.82) is 0 Å². The van der Waals surface area contributed by atoms with Crippen molar-refractivity contribution in [2.45, 2.75) is 32.2 Å². The van der Waals surface area contributed by atoms with Crippen LogP contribution in [0, 0.1) is 0 Å². The predicted molar refractivity (Wildman–Crippen MR) is 102 cm³/mol. The second kappa shape index (κ2) is 8.27. The third-order valence-corrected chi connectivity index (χ3v) is 4.70. The van der Waals surface area contributed by atoms with E-state index in [4.69, 9.17) is 16.0 Å². The van der Waals surface area contributed by atoms with Gasteiger partial charge in [-0.1, -0.05) is 11.6 Å². The molecule has 1 aromatic heterocycles. The molecule has 1 saturated heterocycles. The van der Waals surface area contributed by atoms with E-state index in [1.165, 1.54) is 25.5 Å². The number of halogens is 1. The first-order chi connectivity index (χ1) is 12.5. The summed E-state index contributed by atoms with van der Waals surface area (Å²) in [6, 6.07) is 7.94. The molecule has 1 unspecified atom stereocenters. The fourth-order valence-corrected chi connectivity index (χ4v) is 3.27. The lowest BCUT2D eigenvalue weighted by atomic mass is 10.1. The molecule has 0 spiro atoms. The van der Waals surface area contributed by atoms with Gasteiger partial charge in [-0.3, -0.25) is 9.59 Å². The van der Waals surface area contributed by atoms with Crippen molar-refractivity contribution in [2.75, 3.05) is 23.3 Å². The number of hydrogen-bond donors (Lipinski definition) is 2. The van der Waals surface area contributed by atoms with Gasteiger partial charge in [0.25, 0.3) is 5.91 Å². The van der Waals surface area contributed by atoms with Crippen LogP contribution in [0.4, 0.5) is 11.4 Å². The maximum Gasteiger partial charge on any atom is 0.287 e. The topological polar surface area (TPSA) is 74.6 Å². The Kier molecular flexibility index (Phi) is 5.83. The summed E-state index contributed by atoms with van der Waals surface area (Å²) in [5.41, 5.74) is 1.59. The molecule has 1 aliphatic heterocycles. The molecule has 1 aliphatic rings. The standard InChI is InChI=1S/C19H22ClN3O3/c1-13(21-19(25)17-6-5-11-26-17)18(24)22-14-7-8-16(15(20)12-14)23-9-3-2-4-10-23/h5-8,11-13H,2-4,9-10H2,1H3,(H,21,25)(H,22,24). The van der Waals surface area contributed by atoms with E-state index >= 15 is 0 Å². The molecule has 26 heavy (non-hydrogen) atoms. The minimum Gasteiger partial charge on any atom is -0.459 e. The molecule has 0 bridgehead atoms. The van der Waals surface area contributed by atoms with E-state index < -0.39 is 11.9 Å². The van der Waals surface area contributed by atoms with Gasteiger partial charge in [-0.15, -0.1) is 0 Å². The first-order valence-corrected chi connectivity index (χ1v) is 9.12. The molecule has 2 N–H and O–H groups in total. The monoisotopic (exact) mass is 375 g/mol. The molecule has 7 heteroatoms. The Morgan fingerprint density at radius 2 is 1.96 bits per heavy atom. The summed E-state index contributed by atoms with van der Waals surface area (Å²) in [5.74, 6) is -0.596. The summed E-state index contributed by atoms with van der Waals surface area (Å²) in [5, 5.41) is 5.98. The largest absolute Gasteiger partial charge is 0.459 e. The summed E-state index contributed by atoms with van der Waals surface area (Å²) in [4.78, 5) is 26.5. The summed E-state index contributed by atoms with van der Waals surface area (Å²) in [6.07, 6.45) is 5.00. The normalized spacial score (nSPS) is 15.4. The molecular weight excluding hydrogens is 354 g/mol. The van der Waals surface area contributed by atoms with Crippen molar-refractivity contribution < 1.29 is 14.0 Å². The van der Waals surface area contributed by atoms with Gasteiger partial charge in [-0.2, -0.15) is 0 Å². The molecule has 2 amide bonds. The van der Waals surface area contributed by atoms with Crippen LogP contribution in [-0.4, -0.2) is 30.9 Å². The fraction of sp³-hybridized carbons (Fsp3) is 0.368. The minimum atomic E-state index is -0.715. The van der Waals surface area contributed by atoms with Crippen LogP contribution in [0.1, 0.15) is 36.7 Å². The van der Waals surface area contributed by atoms with Gasteiger partial charge in [0.15, 0.2) is 5.76 Å². The molecule has 2 heterocycles.